The predicted octanol–water partition coefficient (Wildman–Crippen LogP) is 3.40. The third-order valence-electron chi connectivity index (χ3n) is 5.85. The second kappa shape index (κ2) is 6.27. The SMILES string of the molecule is CC1(C(=O)NCC2(c3ccccc3)CCC2)Cc2ccccc2C(=O)O1. The molecule has 26 heavy (non-hydrogen) atoms. The van der Waals surface area contributed by atoms with Crippen LogP contribution in [0.2, 0.25) is 0 Å². The van der Waals surface area contributed by atoms with Crippen molar-refractivity contribution in [1.82, 2.24) is 5.32 Å². The number of nitrogens with one attached hydrogen (secondary N) is 1. The molecule has 1 amide bonds. The van der Waals surface area contributed by atoms with Gasteiger partial charge in [0.25, 0.3) is 5.91 Å². The number of hydrogen-bond acceptors (Lipinski definition) is 3. The van der Waals surface area contributed by atoms with Crippen LogP contribution in [0.3, 0.4) is 0 Å². The Morgan fingerprint density at radius 1 is 1.08 bits per heavy atom. The van der Waals surface area contributed by atoms with Crippen LogP contribution in [0.5, 0.6) is 0 Å². The summed E-state index contributed by atoms with van der Waals surface area (Å²) in [6, 6.07) is 17.7. The third kappa shape index (κ3) is 2.79. The minimum Gasteiger partial charge on any atom is -0.445 e. The van der Waals surface area contributed by atoms with Gasteiger partial charge in [0.1, 0.15) is 0 Å². The third-order valence-corrected chi connectivity index (χ3v) is 5.85. The van der Waals surface area contributed by atoms with Crippen LogP contribution in [0.25, 0.3) is 0 Å². The molecule has 1 unspecified atom stereocenters. The van der Waals surface area contributed by atoms with Crippen LogP contribution < -0.4 is 5.32 Å². The van der Waals surface area contributed by atoms with Gasteiger partial charge in [0.15, 0.2) is 5.60 Å². The first-order valence-electron chi connectivity index (χ1n) is 9.18. The zero-order valence-corrected chi connectivity index (χ0v) is 15.0. The van der Waals surface area contributed by atoms with E-state index in [4.69, 9.17) is 4.74 Å². The molecule has 1 aliphatic carbocycles. The fourth-order valence-corrected chi connectivity index (χ4v) is 4.06. The molecule has 1 saturated carbocycles. The van der Waals surface area contributed by atoms with E-state index in [0.29, 0.717) is 18.5 Å². The number of esters is 1. The molecule has 1 heterocycles. The number of benzene rings is 2. The van der Waals surface area contributed by atoms with E-state index in [9.17, 15) is 9.59 Å². The van der Waals surface area contributed by atoms with Gasteiger partial charge in [0, 0.05) is 18.4 Å². The summed E-state index contributed by atoms with van der Waals surface area (Å²) in [5.41, 5.74) is 1.53. The summed E-state index contributed by atoms with van der Waals surface area (Å²) < 4.78 is 5.53. The largest absolute Gasteiger partial charge is 0.445 e. The van der Waals surface area contributed by atoms with Crippen molar-refractivity contribution in [2.24, 2.45) is 0 Å². The number of fused-ring (bicyclic) bond motifs is 1. The molecule has 2 aromatic rings. The number of cyclic esters (lactones) is 1. The summed E-state index contributed by atoms with van der Waals surface area (Å²) in [6.45, 7) is 2.27. The number of rotatable bonds is 4. The molecule has 0 bridgehead atoms. The molecule has 2 aromatic carbocycles. The fourth-order valence-electron chi connectivity index (χ4n) is 4.06. The van der Waals surface area contributed by atoms with Gasteiger partial charge in [-0.3, -0.25) is 4.79 Å². The number of carbonyl (C=O) groups excluding carboxylic acids is 2. The summed E-state index contributed by atoms with van der Waals surface area (Å²) in [6.07, 6.45) is 3.71. The topological polar surface area (TPSA) is 55.4 Å². The van der Waals surface area contributed by atoms with Crippen molar-refractivity contribution >= 4 is 11.9 Å². The lowest BCUT2D eigenvalue weighted by Gasteiger charge is -2.43. The molecule has 0 radical (unpaired) electrons. The molecule has 1 fully saturated rings. The first-order chi connectivity index (χ1) is 12.5. The van der Waals surface area contributed by atoms with E-state index in [1.165, 1.54) is 12.0 Å². The molecule has 1 atom stereocenters. The average Bonchev–Trinajstić information content (AvgIpc) is 2.61. The lowest BCUT2D eigenvalue weighted by Crippen LogP contribution is -2.55. The fraction of sp³-hybridized carbons (Fsp3) is 0.364. The zero-order valence-electron chi connectivity index (χ0n) is 15.0. The van der Waals surface area contributed by atoms with Crippen LogP contribution in [0.15, 0.2) is 54.6 Å². The molecular weight excluding hydrogens is 326 g/mol. The minimum atomic E-state index is -1.16. The highest BCUT2D eigenvalue weighted by Crippen LogP contribution is 2.43. The van der Waals surface area contributed by atoms with Crippen LogP contribution in [0.1, 0.15) is 47.7 Å². The first kappa shape index (κ1) is 16.8. The lowest BCUT2D eigenvalue weighted by atomic mass is 9.64. The van der Waals surface area contributed by atoms with E-state index in [1.807, 2.05) is 36.4 Å². The Morgan fingerprint density at radius 3 is 2.46 bits per heavy atom. The summed E-state index contributed by atoms with van der Waals surface area (Å²) in [5, 5.41) is 3.07. The van der Waals surface area contributed by atoms with E-state index in [-0.39, 0.29) is 11.3 Å². The van der Waals surface area contributed by atoms with Gasteiger partial charge in [-0.15, -0.1) is 0 Å². The monoisotopic (exact) mass is 349 g/mol. The first-order valence-corrected chi connectivity index (χ1v) is 9.18. The molecule has 0 spiro atoms. The summed E-state index contributed by atoms with van der Waals surface area (Å²) in [4.78, 5) is 25.2. The number of ether oxygens (including phenoxy) is 1. The van der Waals surface area contributed by atoms with E-state index in [0.717, 1.165) is 18.4 Å². The van der Waals surface area contributed by atoms with Gasteiger partial charge in [-0.25, -0.2) is 4.79 Å². The molecule has 1 N–H and O–H groups in total. The van der Waals surface area contributed by atoms with Crippen LogP contribution in [0.4, 0.5) is 0 Å². The van der Waals surface area contributed by atoms with Crippen molar-refractivity contribution in [3.63, 3.8) is 0 Å². The molecule has 1 aliphatic heterocycles. The van der Waals surface area contributed by atoms with Crippen molar-refractivity contribution in [2.45, 2.75) is 43.6 Å². The van der Waals surface area contributed by atoms with Crippen molar-refractivity contribution in [2.75, 3.05) is 6.54 Å². The van der Waals surface area contributed by atoms with Gasteiger partial charge >= 0.3 is 5.97 Å². The zero-order chi connectivity index (χ0) is 18.2. The van der Waals surface area contributed by atoms with Crippen LogP contribution in [-0.4, -0.2) is 24.0 Å². The second-order valence-corrected chi connectivity index (χ2v) is 7.64. The second-order valence-electron chi connectivity index (χ2n) is 7.64. The van der Waals surface area contributed by atoms with E-state index in [1.54, 1.807) is 13.0 Å². The molecule has 4 nitrogen and oxygen atoms in total. The van der Waals surface area contributed by atoms with Gasteiger partial charge in [0.05, 0.1) is 5.56 Å². The predicted molar refractivity (Wildman–Crippen MR) is 98.9 cm³/mol. The van der Waals surface area contributed by atoms with E-state index < -0.39 is 11.6 Å². The van der Waals surface area contributed by atoms with Crippen LogP contribution in [-0.2, 0) is 21.4 Å². The Labute approximate surface area is 153 Å². The van der Waals surface area contributed by atoms with E-state index in [2.05, 4.69) is 17.4 Å². The molecule has 134 valence electrons. The van der Waals surface area contributed by atoms with Gasteiger partial charge in [-0.1, -0.05) is 55.0 Å². The maximum Gasteiger partial charge on any atom is 0.339 e. The Morgan fingerprint density at radius 2 is 1.77 bits per heavy atom. The molecule has 0 saturated heterocycles. The van der Waals surface area contributed by atoms with Gasteiger partial charge in [-0.2, -0.15) is 0 Å². The maximum atomic E-state index is 12.9. The lowest BCUT2D eigenvalue weighted by molar-refractivity contribution is -0.140. The maximum absolute atomic E-state index is 12.9. The molecule has 4 heteroatoms. The Balaban J connectivity index is 1.49. The molecule has 2 aliphatic rings. The van der Waals surface area contributed by atoms with Gasteiger partial charge in [-0.05, 0) is 37.0 Å². The molecular formula is C22H23NO3. The van der Waals surface area contributed by atoms with E-state index >= 15 is 0 Å². The molecule has 0 aromatic heterocycles. The highest BCUT2D eigenvalue weighted by molar-refractivity contribution is 5.97. The minimum absolute atomic E-state index is 0.00383. The van der Waals surface area contributed by atoms with Crippen LogP contribution in [0, 0.1) is 0 Å². The highest BCUT2D eigenvalue weighted by atomic mass is 16.6. The summed E-state index contributed by atoms with van der Waals surface area (Å²) in [5.74, 6) is -0.645. The standard InChI is InChI=1S/C22H23NO3/c1-21(14-16-8-5-6-11-18(16)19(24)26-21)20(25)23-15-22(12-7-13-22)17-9-3-2-4-10-17/h2-6,8-11H,7,12-15H2,1H3,(H,23,25). The van der Waals surface area contributed by atoms with Gasteiger partial charge < -0.3 is 10.1 Å². The number of carbonyl (C=O) groups is 2. The Hall–Kier alpha value is -2.62. The Kier molecular flexibility index (Phi) is 4.06. The van der Waals surface area contributed by atoms with Crippen molar-refractivity contribution < 1.29 is 14.3 Å². The summed E-state index contributed by atoms with van der Waals surface area (Å²) in [7, 11) is 0. The highest BCUT2D eigenvalue weighted by Gasteiger charge is 2.44. The Bertz CT molecular complexity index is 841. The number of amides is 1. The molecule has 4 rings (SSSR count). The quantitative estimate of drug-likeness (QED) is 0.861. The number of hydrogen-bond donors (Lipinski definition) is 1. The van der Waals surface area contributed by atoms with Crippen molar-refractivity contribution in [3.8, 4) is 0 Å². The van der Waals surface area contributed by atoms with Gasteiger partial charge in [0.2, 0.25) is 0 Å². The average molecular weight is 349 g/mol. The van der Waals surface area contributed by atoms with Crippen molar-refractivity contribution in [3.05, 3.63) is 71.3 Å². The van der Waals surface area contributed by atoms with Crippen molar-refractivity contribution in [1.29, 1.82) is 0 Å². The normalized spacial score (nSPS) is 23.3. The summed E-state index contributed by atoms with van der Waals surface area (Å²) >= 11 is 0. The smallest absolute Gasteiger partial charge is 0.339 e. The van der Waals surface area contributed by atoms with Crippen LogP contribution >= 0.6 is 0 Å².